The summed E-state index contributed by atoms with van der Waals surface area (Å²) in [7, 11) is 0. The van der Waals surface area contributed by atoms with Crippen LogP contribution in [0.4, 0.5) is 34.1 Å². The highest BCUT2D eigenvalue weighted by atomic mass is 16.3. The molecule has 0 atom stereocenters. The molecular formula is C66H40N2O2. The minimum atomic E-state index is 0.805. The monoisotopic (exact) mass is 892 g/mol. The normalized spacial score (nSPS) is 12.0. The molecule has 70 heavy (non-hydrogen) atoms. The molecule has 15 rings (SSSR count). The van der Waals surface area contributed by atoms with Gasteiger partial charge < -0.3 is 18.6 Å². The fourth-order valence-corrected chi connectivity index (χ4v) is 11.0. The first kappa shape index (κ1) is 38.7. The lowest BCUT2D eigenvalue weighted by Gasteiger charge is -2.26. The lowest BCUT2D eigenvalue weighted by Crippen LogP contribution is -2.10. The molecule has 4 heteroatoms. The van der Waals surface area contributed by atoms with Gasteiger partial charge in [-0.1, -0.05) is 133 Å². The Hall–Kier alpha value is -9.38. The molecule has 0 N–H and O–H groups in total. The van der Waals surface area contributed by atoms with E-state index in [1.54, 1.807) is 0 Å². The summed E-state index contributed by atoms with van der Waals surface area (Å²) in [5.74, 6) is 0. The molecule has 0 aliphatic carbocycles. The van der Waals surface area contributed by atoms with E-state index in [0.29, 0.717) is 0 Å². The van der Waals surface area contributed by atoms with Crippen LogP contribution in [-0.2, 0) is 0 Å². The fraction of sp³-hybridized carbons (Fsp3) is 0. The second-order valence-corrected chi connectivity index (χ2v) is 18.6. The Kier molecular flexibility index (Phi) is 8.33. The maximum absolute atomic E-state index is 6.95. The Morgan fingerprint density at radius 2 is 0.543 bits per heavy atom. The van der Waals surface area contributed by atoms with Crippen LogP contribution in [0.3, 0.4) is 0 Å². The van der Waals surface area contributed by atoms with Crippen molar-refractivity contribution in [2.75, 3.05) is 9.80 Å². The van der Waals surface area contributed by atoms with Gasteiger partial charge >= 0.3 is 0 Å². The molecule has 15 aromatic rings. The van der Waals surface area contributed by atoms with Gasteiger partial charge in [-0.3, -0.25) is 0 Å². The Balaban J connectivity index is 0.853. The number of hydrogen-bond donors (Lipinski definition) is 0. The number of fused-ring (bicyclic) bond motifs is 13. The first-order valence-corrected chi connectivity index (χ1v) is 23.9. The summed E-state index contributed by atoms with van der Waals surface area (Å²) in [5, 5.41) is 18.3. The minimum Gasteiger partial charge on any atom is -0.456 e. The predicted molar refractivity (Wildman–Crippen MR) is 295 cm³/mol. The molecule has 0 unspecified atom stereocenters. The molecule has 0 bridgehead atoms. The van der Waals surface area contributed by atoms with Gasteiger partial charge in [0.05, 0.1) is 5.39 Å². The van der Waals surface area contributed by atoms with Crippen molar-refractivity contribution < 1.29 is 8.83 Å². The first-order chi connectivity index (χ1) is 34.6. The van der Waals surface area contributed by atoms with Crippen LogP contribution in [0.5, 0.6) is 0 Å². The molecule has 0 fully saturated rings. The third-order valence-corrected chi connectivity index (χ3v) is 14.4. The molecule has 0 radical (unpaired) electrons. The Bertz CT molecular complexity index is 4480. The van der Waals surface area contributed by atoms with Crippen LogP contribution in [0.1, 0.15) is 0 Å². The van der Waals surface area contributed by atoms with E-state index in [9.17, 15) is 0 Å². The summed E-state index contributed by atoms with van der Waals surface area (Å²) in [6.45, 7) is 0. The molecule has 326 valence electrons. The van der Waals surface area contributed by atoms with E-state index in [2.05, 4.69) is 252 Å². The summed E-state index contributed by atoms with van der Waals surface area (Å²) in [5.41, 5.74) is 9.86. The average Bonchev–Trinajstić information content (AvgIpc) is 3.96. The SMILES string of the molecule is c1ccc2cc(N(c3ccc4ccccc4c3)c3ccc4cc5c(cc4c3)oc3c5ccc4oc5cc6cc(N(c7ccc8ccccc8c7)c7ccc8ccccc8c7)ccc6cc5c43)ccc2c1. The Morgan fingerprint density at radius 1 is 0.214 bits per heavy atom. The summed E-state index contributed by atoms with van der Waals surface area (Å²) >= 11 is 0. The van der Waals surface area contributed by atoms with E-state index >= 15 is 0 Å². The second kappa shape index (κ2) is 15.1. The number of hydrogen-bond acceptors (Lipinski definition) is 4. The highest BCUT2D eigenvalue weighted by Crippen LogP contribution is 2.45. The molecule has 2 heterocycles. The Labute approximate surface area is 402 Å². The van der Waals surface area contributed by atoms with Crippen molar-refractivity contribution in [2.24, 2.45) is 0 Å². The zero-order valence-corrected chi connectivity index (χ0v) is 37.8. The van der Waals surface area contributed by atoms with Gasteiger partial charge in [-0.2, -0.15) is 0 Å². The van der Waals surface area contributed by atoms with Crippen LogP contribution in [0.15, 0.2) is 251 Å². The third-order valence-electron chi connectivity index (χ3n) is 14.4. The number of furan rings is 2. The predicted octanol–water partition coefficient (Wildman–Crippen LogP) is 19.3. The smallest absolute Gasteiger partial charge is 0.147 e. The quantitative estimate of drug-likeness (QED) is 0.166. The second-order valence-electron chi connectivity index (χ2n) is 18.6. The molecule has 0 amide bonds. The van der Waals surface area contributed by atoms with Crippen LogP contribution in [0.25, 0.3) is 109 Å². The fourth-order valence-electron chi connectivity index (χ4n) is 11.0. The van der Waals surface area contributed by atoms with Crippen molar-refractivity contribution in [3.05, 3.63) is 243 Å². The van der Waals surface area contributed by atoms with E-state index in [0.717, 1.165) is 99.5 Å². The topological polar surface area (TPSA) is 32.8 Å². The van der Waals surface area contributed by atoms with Crippen LogP contribution in [-0.4, -0.2) is 0 Å². The highest BCUT2D eigenvalue weighted by Gasteiger charge is 2.21. The van der Waals surface area contributed by atoms with Crippen LogP contribution < -0.4 is 9.80 Å². The maximum Gasteiger partial charge on any atom is 0.147 e. The third kappa shape index (κ3) is 6.17. The average molecular weight is 893 g/mol. The van der Waals surface area contributed by atoms with Gasteiger partial charge in [-0.25, -0.2) is 0 Å². The zero-order chi connectivity index (χ0) is 45.9. The number of nitrogens with zero attached hydrogens (tertiary/aromatic N) is 2. The van der Waals surface area contributed by atoms with Crippen molar-refractivity contribution in [2.45, 2.75) is 0 Å². The van der Waals surface area contributed by atoms with Crippen molar-refractivity contribution in [3.8, 4) is 0 Å². The van der Waals surface area contributed by atoms with Gasteiger partial charge in [0.2, 0.25) is 0 Å². The molecule has 13 aromatic carbocycles. The standard InChI is InChI=1S/C66H40N2O2/c1-5-13-45-31-53(23-17-41(45)9-1)67(54-24-18-42-10-2-6-14-46(42)32-54)57-27-21-49-37-60-59-29-30-62-65(66(59)70-63(60)39-51(49)35-57)61-38-50-22-28-58(36-52(50)40-64(61)69-62)68(55-25-19-43-11-3-7-15-47(43)33-55)56-26-20-44-12-4-8-16-48(44)34-56/h1-40H. The molecule has 0 aliphatic rings. The lowest BCUT2D eigenvalue weighted by atomic mass is 10.0. The van der Waals surface area contributed by atoms with E-state index in [1.165, 1.54) is 43.1 Å². The van der Waals surface area contributed by atoms with Gasteiger partial charge in [0.1, 0.15) is 22.3 Å². The summed E-state index contributed by atoms with van der Waals surface area (Å²) in [4.78, 5) is 4.72. The summed E-state index contributed by atoms with van der Waals surface area (Å²) in [6, 6.07) is 87.8. The molecule has 4 nitrogen and oxygen atoms in total. The van der Waals surface area contributed by atoms with Gasteiger partial charge in [0.15, 0.2) is 0 Å². The summed E-state index contributed by atoms with van der Waals surface area (Å²) in [6.07, 6.45) is 0. The highest BCUT2D eigenvalue weighted by molar-refractivity contribution is 6.24. The minimum absolute atomic E-state index is 0.805. The van der Waals surface area contributed by atoms with Crippen molar-refractivity contribution in [1.29, 1.82) is 0 Å². The van der Waals surface area contributed by atoms with E-state index in [1.807, 2.05) is 0 Å². The number of anilines is 6. The van der Waals surface area contributed by atoms with Crippen molar-refractivity contribution >= 4 is 143 Å². The van der Waals surface area contributed by atoms with Gasteiger partial charge in [-0.05, 0) is 174 Å². The van der Waals surface area contributed by atoms with Crippen LogP contribution in [0, 0.1) is 0 Å². The van der Waals surface area contributed by atoms with E-state index < -0.39 is 0 Å². The summed E-state index contributed by atoms with van der Waals surface area (Å²) < 4.78 is 13.7. The molecule has 2 aromatic heterocycles. The van der Waals surface area contributed by atoms with Gasteiger partial charge in [0, 0.05) is 50.3 Å². The molecule has 0 saturated carbocycles. The number of benzene rings is 13. The van der Waals surface area contributed by atoms with Gasteiger partial charge in [-0.15, -0.1) is 0 Å². The molecule has 0 spiro atoms. The van der Waals surface area contributed by atoms with E-state index in [4.69, 9.17) is 8.83 Å². The first-order valence-electron chi connectivity index (χ1n) is 23.9. The molecule has 0 saturated heterocycles. The van der Waals surface area contributed by atoms with E-state index in [-0.39, 0.29) is 0 Å². The maximum atomic E-state index is 6.95. The Morgan fingerprint density at radius 3 is 0.957 bits per heavy atom. The largest absolute Gasteiger partial charge is 0.456 e. The van der Waals surface area contributed by atoms with Crippen molar-refractivity contribution in [3.63, 3.8) is 0 Å². The van der Waals surface area contributed by atoms with Crippen LogP contribution in [0.2, 0.25) is 0 Å². The van der Waals surface area contributed by atoms with Crippen molar-refractivity contribution in [1.82, 2.24) is 0 Å². The van der Waals surface area contributed by atoms with Gasteiger partial charge in [0.25, 0.3) is 0 Å². The zero-order valence-electron chi connectivity index (χ0n) is 37.8. The molecule has 0 aliphatic heterocycles. The number of rotatable bonds is 6. The molecular weight excluding hydrogens is 853 g/mol. The van der Waals surface area contributed by atoms with Crippen LogP contribution >= 0.6 is 0 Å². The lowest BCUT2D eigenvalue weighted by molar-refractivity contribution is 0.663.